The monoisotopic (exact) mass is 401 g/mol. The van der Waals surface area contributed by atoms with E-state index in [2.05, 4.69) is 20.5 Å². The van der Waals surface area contributed by atoms with Crippen LogP contribution in [-0.4, -0.2) is 46.4 Å². The lowest BCUT2D eigenvalue weighted by Gasteiger charge is -2.10. The van der Waals surface area contributed by atoms with Gasteiger partial charge in [-0.3, -0.25) is 19.1 Å². The second kappa shape index (κ2) is 6.96. The molecular weight excluding hydrogens is 386 g/mol. The van der Waals surface area contributed by atoms with E-state index in [1.165, 1.54) is 21.4 Å². The number of thioether (sulfide) groups is 1. The van der Waals surface area contributed by atoms with Gasteiger partial charge in [0.1, 0.15) is 17.1 Å². The number of rotatable bonds is 6. The second-order valence-electron chi connectivity index (χ2n) is 6.22. The maximum atomic E-state index is 12.6. The third kappa shape index (κ3) is 3.29. The van der Waals surface area contributed by atoms with Gasteiger partial charge < -0.3 is 10.8 Å². The largest absolute Gasteiger partial charge is 0.508 e. The van der Waals surface area contributed by atoms with E-state index in [1.54, 1.807) is 12.1 Å². The van der Waals surface area contributed by atoms with Crippen molar-refractivity contribution in [1.82, 2.24) is 29.8 Å². The lowest BCUT2D eigenvalue weighted by molar-refractivity contribution is 0.102. The molecule has 2 aromatic heterocycles. The van der Waals surface area contributed by atoms with Crippen molar-refractivity contribution in [3.05, 3.63) is 50.7 Å². The minimum atomic E-state index is -0.803. The average molecular weight is 401 g/mol. The molecule has 1 aliphatic carbocycles. The predicted octanol–water partition coefficient (Wildman–Crippen LogP) is 0.110. The number of anilines is 1. The third-order valence-electron chi connectivity index (χ3n) is 4.24. The Morgan fingerprint density at radius 1 is 1.29 bits per heavy atom. The number of nitrogen functional groups attached to an aromatic ring is 1. The fourth-order valence-corrected chi connectivity index (χ4v) is 3.52. The van der Waals surface area contributed by atoms with Crippen molar-refractivity contribution < 1.29 is 9.90 Å². The second-order valence-corrected chi connectivity index (χ2v) is 7.16. The van der Waals surface area contributed by atoms with Gasteiger partial charge in [-0.25, -0.2) is 4.79 Å². The van der Waals surface area contributed by atoms with Crippen molar-refractivity contribution in [3.63, 3.8) is 0 Å². The fraction of sp³-hybridized carbons (Fsp3) is 0.250. The summed E-state index contributed by atoms with van der Waals surface area (Å²) in [5, 5.41) is 21.0. The molecule has 1 fully saturated rings. The van der Waals surface area contributed by atoms with Crippen LogP contribution in [0.3, 0.4) is 0 Å². The predicted molar refractivity (Wildman–Crippen MR) is 99.9 cm³/mol. The van der Waals surface area contributed by atoms with Crippen LogP contribution in [0.4, 0.5) is 5.82 Å². The quantitative estimate of drug-likeness (QED) is 0.384. The van der Waals surface area contributed by atoms with Crippen LogP contribution >= 0.6 is 11.8 Å². The molecule has 0 saturated heterocycles. The third-order valence-corrected chi connectivity index (χ3v) is 5.16. The van der Waals surface area contributed by atoms with Crippen LogP contribution in [0.2, 0.25) is 0 Å². The van der Waals surface area contributed by atoms with Gasteiger partial charge in [-0.15, -0.1) is 5.10 Å². The smallest absolute Gasteiger partial charge is 0.330 e. The number of nitrogens with one attached hydrogen (secondary N) is 1. The van der Waals surface area contributed by atoms with Crippen molar-refractivity contribution in [2.45, 2.75) is 24.0 Å². The molecule has 12 heteroatoms. The number of phenolic OH excluding ortho intramolecular Hbond substituents is 1. The molecule has 11 nitrogen and oxygen atoms in total. The van der Waals surface area contributed by atoms with E-state index in [0.29, 0.717) is 10.8 Å². The molecule has 0 amide bonds. The molecule has 1 aliphatic rings. The highest BCUT2D eigenvalue weighted by Crippen LogP contribution is 2.35. The normalized spacial score (nSPS) is 13.6. The molecule has 0 unspecified atom stereocenters. The van der Waals surface area contributed by atoms with Crippen LogP contribution < -0.4 is 17.0 Å². The molecule has 0 aliphatic heterocycles. The number of nitrogens with two attached hydrogens (primary N) is 1. The van der Waals surface area contributed by atoms with E-state index in [1.807, 2.05) is 0 Å². The van der Waals surface area contributed by atoms with Gasteiger partial charge in [0.15, 0.2) is 5.78 Å². The van der Waals surface area contributed by atoms with Gasteiger partial charge in [0, 0.05) is 6.04 Å². The average Bonchev–Trinajstić information content (AvgIpc) is 3.36. The van der Waals surface area contributed by atoms with E-state index < -0.39 is 17.0 Å². The summed E-state index contributed by atoms with van der Waals surface area (Å²) in [7, 11) is 0. The highest BCUT2D eigenvalue weighted by molar-refractivity contribution is 7.99. The molecule has 0 bridgehead atoms. The first-order valence-electron chi connectivity index (χ1n) is 8.34. The van der Waals surface area contributed by atoms with E-state index in [-0.39, 0.29) is 28.9 Å². The molecule has 1 saturated carbocycles. The first kappa shape index (κ1) is 18.0. The van der Waals surface area contributed by atoms with Crippen molar-refractivity contribution in [1.29, 1.82) is 0 Å². The minimum absolute atomic E-state index is 0.0784. The number of phenols is 1. The number of carbonyl (C=O) groups is 1. The summed E-state index contributed by atoms with van der Waals surface area (Å²) < 4.78 is 2.66. The summed E-state index contributed by atoms with van der Waals surface area (Å²) in [5.74, 6) is -0.686. The summed E-state index contributed by atoms with van der Waals surface area (Å²) >= 11 is 1.03. The van der Waals surface area contributed by atoms with E-state index in [9.17, 15) is 19.5 Å². The standard InChI is InChI=1S/C16H15N7O4S/c17-13-12(14(26)18-15(27)22(13)8-1-2-8)11(25)7-28-16-19-20-21-23(16)9-3-5-10(24)6-4-9/h3-6,8,24H,1-2,7,17H2,(H,18,26,27). The summed E-state index contributed by atoms with van der Waals surface area (Å²) in [6, 6.07) is 6.12. The zero-order valence-corrected chi connectivity index (χ0v) is 15.2. The van der Waals surface area contributed by atoms with Crippen LogP contribution in [0, 0.1) is 0 Å². The van der Waals surface area contributed by atoms with E-state index in [4.69, 9.17) is 5.73 Å². The first-order chi connectivity index (χ1) is 13.5. The van der Waals surface area contributed by atoms with Crippen molar-refractivity contribution in [2.24, 2.45) is 0 Å². The highest BCUT2D eigenvalue weighted by atomic mass is 32.2. The molecule has 4 N–H and O–H groups in total. The Balaban J connectivity index is 1.57. The number of hydrogen-bond acceptors (Lipinski definition) is 9. The Labute approximate surface area is 161 Å². The molecule has 0 radical (unpaired) electrons. The zero-order chi connectivity index (χ0) is 19.8. The summed E-state index contributed by atoms with van der Waals surface area (Å²) in [6.45, 7) is 0. The van der Waals surface area contributed by atoms with Gasteiger partial charge in [0.25, 0.3) is 5.56 Å². The molecule has 28 heavy (non-hydrogen) atoms. The molecule has 3 aromatic rings. The SMILES string of the molecule is Nc1c(C(=O)CSc2nnnn2-c2ccc(O)cc2)c(=O)[nH]c(=O)n1C1CC1. The molecule has 2 heterocycles. The summed E-state index contributed by atoms with van der Waals surface area (Å²) in [4.78, 5) is 38.9. The maximum absolute atomic E-state index is 12.6. The van der Waals surface area contributed by atoms with E-state index in [0.717, 1.165) is 24.6 Å². The van der Waals surface area contributed by atoms with Crippen LogP contribution in [0.15, 0.2) is 39.0 Å². The molecule has 0 spiro atoms. The van der Waals surface area contributed by atoms with Gasteiger partial charge in [-0.1, -0.05) is 11.8 Å². The van der Waals surface area contributed by atoms with Crippen molar-refractivity contribution in [3.8, 4) is 11.4 Å². The summed E-state index contributed by atoms with van der Waals surface area (Å²) in [5.41, 5.74) is 4.91. The number of nitrogens with zero attached hydrogens (tertiary/aromatic N) is 5. The van der Waals surface area contributed by atoms with Crippen LogP contribution in [0.1, 0.15) is 29.2 Å². The lowest BCUT2D eigenvalue weighted by Crippen LogP contribution is -2.36. The topological polar surface area (TPSA) is 162 Å². The first-order valence-corrected chi connectivity index (χ1v) is 9.32. The number of benzene rings is 1. The Morgan fingerprint density at radius 2 is 2.00 bits per heavy atom. The van der Waals surface area contributed by atoms with Crippen molar-refractivity contribution >= 4 is 23.4 Å². The fourth-order valence-electron chi connectivity index (χ4n) is 2.76. The van der Waals surface area contributed by atoms with Crippen LogP contribution in [-0.2, 0) is 0 Å². The molecule has 144 valence electrons. The van der Waals surface area contributed by atoms with Gasteiger partial charge in [0.2, 0.25) is 5.16 Å². The summed E-state index contributed by atoms with van der Waals surface area (Å²) in [6.07, 6.45) is 1.56. The van der Waals surface area contributed by atoms with Gasteiger partial charge >= 0.3 is 5.69 Å². The lowest BCUT2D eigenvalue weighted by atomic mass is 10.2. The highest BCUT2D eigenvalue weighted by Gasteiger charge is 2.30. The Morgan fingerprint density at radius 3 is 2.68 bits per heavy atom. The zero-order valence-electron chi connectivity index (χ0n) is 14.4. The van der Waals surface area contributed by atoms with Gasteiger partial charge in [-0.2, -0.15) is 4.68 Å². The number of aromatic nitrogens is 6. The number of aromatic hydroxyl groups is 1. The number of tetrazole rings is 1. The Bertz CT molecular complexity index is 1160. The Hall–Kier alpha value is -3.41. The number of Topliss-reactive ketones (excluding diaryl/α,β-unsaturated/α-hetero) is 1. The number of hydrogen-bond donors (Lipinski definition) is 3. The van der Waals surface area contributed by atoms with Gasteiger partial charge in [-0.05, 0) is 47.5 Å². The van der Waals surface area contributed by atoms with Crippen LogP contribution in [0.25, 0.3) is 5.69 Å². The van der Waals surface area contributed by atoms with Crippen LogP contribution in [0.5, 0.6) is 5.75 Å². The number of carbonyl (C=O) groups excluding carboxylic acids is 1. The van der Waals surface area contributed by atoms with E-state index >= 15 is 0 Å². The van der Waals surface area contributed by atoms with Gasteiger partial charge in [0.05, 0.1) is 11.4 Å². The molecule has 0 atom stereocenters. The minimum Gasteiger partial charge on any atom is -0.508 e. The molecular formula is C16H15N7O4S. The number of H-pyrrole nitrogens is 1. The Kier molecular flexibility index (Phi) is 4.47. The van der Waals surface area contributed by atoms with Crippen molar-refractivity contribution in [2.75, 3.05) is 11.5 Å². The number of aromatic amines is 1. The molecule has 4 rings (SSSR count). The maximum Gasteiger partial charge on any atom is 0.330 e. The number of ketones is 1. The molecule has 1 aromatic carbocycles.